The fraction of sp³-hybridized carbons (Fsp3) is 0.467. The Morgan fingerprint density at radius 1 is 1.48 bits per heavy atom. The van der Waals surface area contributed by atoms with Gasteiger partial charge in [0, 0.05) is 26.7 Å². The highest BCUT2D eigenvalue weighted by Gasteiger charge is 2.19. The van der Waals surface area contributed by atoms with Gasteiger partial charge in [-0.25, -0.2) is 9.59 Å². The minimum absolute atomic E-state index is 0.121. The van der Waals surface area contributed by atoms with Gasteiger partial charge >= 0.3 is 12.0 Å². The average Bonchev–Trinajstić information content (AvgIpc) is 2.97. The summed E-state index contributed by atoms with van der Waals surface area (Å²) in [7, 11) is 1.73. The van der Waals surface area contributed by atoms with Crippen LogP contribution in [-0.2, 0) is 11.3 Å². The maximum atomic E-state index is 12.0. The Kier molecular flexibility index (Phi) is 5.16. The summed E-state index contributed by atoms with van der Waals surface area (Å²) in [5, 5.41) is 11.7. The van der Waals surface area contributed by atoms with Crippen LogP contribution in [0.1, 0.15) is 28.8 Å². The number of likely N-dealkylation sites (N-methyl/N-ethyl adjacent to an activating group) is 1. The van der Waals surface area contributed by atoms with E-state index in [-0.39, 0.29) is 17.7 Å². The van der Waals surface area contributed by atoms with Crippen LogP contribution in [0.2, 0.25) is 0 Å². The summed E-state index contributed by atoms with van der Waals surface area (Å²) in [4.78, 5) is 24.4. The van der Waals surface area contributed by atoms with Crippen molar-refractivity contribution in [3.63, 3.8) is 0 Å². The Bertz CT molecular complexity index is 512. The third-order valence-corrected chi connectivity index (χ3v) is 3.47. The molecule has 1 fully saturated rings. The molecule has 0 radical (unpaired) electrons. The largest absolute Gasteiger partial charge is 0.478 e. The zero-order valence-corrected chi connectivity index (χ0v) is 12.0. The molecule has 1 heterocycles. The summed E-state index contributed by atoms with van der Waals surface area (Å²) < 4.78 is 5.49. The number of urea groups is 1. The molecule has 1 saturated heterocycles. The van der Waals surface area contributed by atoms with Crippen LogP contribution in [0.15, 0.2) is 24.3 Å². The van der Waals surface area contributed by atoms with Gasteiger partial charge in [-0.3, -0.25) is 0 Å². The maximum Gasteiger partial charge on any atom is 0.335 e. The molecule has 6 nitrogen and oxygen atoms in total. The quantitative estimate of drug-likeness (QED) is 0.866. The molecule has 21 heavy (non-hydrogen) atoms. The molecule has 0 aromatic heterocycles. The average molecular weight is 292 g/mol. The summed E-state index contributed by atoms with van der Waals surface area (Å²) in [5.41, 5.74) is 0.975. The first-order valence-corrected chi connectivity index (χ1v) is 6.99. The lowest BCUT2D eigenvalue weighted by molar-refractivity contribution is 0.0696. The van der Waals surface area contributed by atoms with E-state index in [4.69, 9.17) is 9.84 Å². The first kappa shape index (κ1) is 15.3. The lowest BCUT2D eigenvalue weighted by atomic mass is 10.1. The minimum Gasteiger partial charge on any atom is -0.478 e. The fourth-order valence-corrected chi connectivity index (χ4v) is 2.30. The summed E-state index contributed by atoms with van der Waals surface area (Å²) >= 11 is 0. The molecule has 0 aliphatic carbocycles. The Morgan fingerprint density at radius 2 is 2.29 bits per heavy atom. The van der Waals surface area contributed by atoms with E-state index in [9.17, 15) is 9.59 Å². The van der Waals surface area contributed by atoms with Crippen molar-refractivity contribution in [3.8, 4) is 0 Å². The van der Waals surface area contributed by atoms with E-state index in [0.29, 0.717) is 13.1 Å². The van der Waals surface area contributed by atoms with Crippen molar-refractivity contribution in [2.75, 3.05) is 20.2 Å². The highest BCUT2D eigenvalue weighted by atomic mass is 16.5. The van der Waals surface area contributed by atoms with E-state index >= 15 is 0 Å². The number of nitrogens with one attached hydrogen (secondary N) is 1. The van der Waals surface area contributed by atoms with Crippen molar-refractivity contribution >= 4 is 12.0 Å². The molecule has 0 spiro atoms. The number of carboxylic acid groups (broad SMARTS) is 1. The number of ether oxygens (including phenoxy) is 1. The zero-order chi connectivity index (χ0) is 15.2. The summed E-state index contributed by atoms with van der Waals surface area (Å²) in [5.74, 6) is -0.973. The number of nitrogens with zero attached hydrogens (tertiary/aromatic N) is 1. The predicted molar refractivity (Wildman–Crippen MR) is 77.2 cm³/mol. The molecule has 1 aromatic rings. The fourth-order valence-electron chi connectivity index (χ4n) is 2.30. The van der Waals surface area contributed by atoms with Crippen LogP contribution in [0.25, 0.3) is 0 Å². The second-order valence-corrected chi connectivity index (χ2v) is 5.18. The molecular weight excluding hydrogens is 272 g/mol. The van der Waals surface area contributed by atoms with Crippen LogP contribution in [0.4, 0.5) is 4.79 Å². The smallest absolute Gasteiger partial charge is 0.335 e. The number of hydrogen-bond acceptors (Lipinski definition) is 3. The molecular formula is C15H20N2O4. The van der Waals surface area contributed by atoms with Crippen LogP contribution in [0, 0.1) is 0 Å². The topological polar surface area (TPSA) is 78.9 Å². The van der Waals surface area contributed by atoms with Gasteiger partial charge in [-0.05, 0) is 30.5 Å². The molecule has 1 aromatic carbocycles. The van der Waals surface area contributed by atoms with E-state index in [0.717, 1.165) is 25.0 Å². The first-order chi connectivity index (χ1) is 10.1. The van der Waals surface area contributed by atoms with E-state index in [1.165, 1.54) is 6.07 Å². The van der Waals surface area contributed by atoms with Crippen molar-refractivity contribution in [1.82, 2.24) is 10.2 Å². The van der Waals surface area contributed by atoms with Gasteiger partial charge in [0.25, 0.3) is 0 Å². The lowest BCUT2D eigenvalue weighted by Gasteiger charge is -2.21. The van der Waals surface area contributed by atoms with Crippen molar-refractivity contribution < 1.29 is 19.4 Å². The zero-order valence-electron chi connectivity index (χ0n) is 12.0. The molecule has 6 heteroatoms. The Labute approximate surface area is 123 Å². The number of aromatic carboxylic acids is 1. The number of amides is 2. The Morgan fingerprint density at radius 3 is 2.95 bits per heavy atom. The highest BCUT2D eigenvalue weighted by Crippen LogP contribution is 2.12. The molecule has 1 aliphatic heterocycles. The number of rotatable bonds is 5. The minimum atomic E-state index is -0.973. The van der Waals surface area contributed by atoms with E-state index in [2.05, 4.69) is 5.32 Å². The second-order valence-electron chi connectivity index (χ2n) is 5.18. The molecule has 2 N–H and O–H groups in total. The number of benzene rings is 1. The highest BCUT2D eigenvalue weighted by molar-refractivity contribution is 5.87. The van der Waals surface area contributed by atoms with Crippen molar-refractivity contribution in [2.45, 2.75) is 25.5 Å². The van der Waals surface area contributed by atoms with Gasteiger partial charge in [-0.15, -0.1) is 0 Å². The number of carbonyl (C=O) groups excluding carboxylic acids is 1. The molecule has 1 unspecified atom stereocenters. The summed E-state index contributed by atoms with van der Waals surface area (Å²) in [6.45, 7) is 1.64. The van der Waals surface area contributed by atoms with Gasteiger partial charge < -0.3 is 20.1 Å². The number of hydrogen-bond donors (Lipinski definition) is 2. The van der Waals surface area contributed by atoms with Crippen LogP contribution in [0.5, 0.6) is 0 Å². The van der Waals surface area contributed by atoms with Gasteiger partial charge in [0.05, 0.1) is 11.7 Å². The second kappa shape index (κ2) is 7.08. The molecule has 0 bridgehead atoms. The molecule has 2 amide bonds. The maximum absolute atomic E-state index is 12.0. The standard InChI is InChI=1S/C15H20N2O4/c1-17(10-13-6-3-7-21-13)15(20)16-9-11-4-2-5-12(8-11)14(18)19/h2,4-5,8,13H,3,6-7,9-10H2,1H3,(H,16,20)(H,18,19). The van der Waals surface area contributed by atoms with Gasteiger partial charge in [-0.2, -0.15) is 0 Å². The van der Waals surface area contributed by atoms with E-state index in [1.807, 2.05) is 0 Å². The first-order valence-electron chi connectivity index (χ1n) is 6.99. The van der Waals surface area contributed by atoms with Crippen LogP contribution in [0.3, 0.4) is 0 Å². The van der Waals surface area contributed by atoms with Crippen molar-refractivity contribution in [3.05, 3.63) is 35.4 Å². The van der Waals surface area contributed by atoms with Gasteiger partial charge in [0.2, 0.25) is 0 Å². The van der Waals surface area contributed by atoms with E-state index in [1.54, 1.807) is 30.1 Å². The predicted octanol–water partition coefficient (Wildman–Crippen LogP) is 1.71. The van der Waals surface area contributed by atoms with Gasteiger partial charge in [0.15, 0.2) is 0 Å². The lowest BCUT2D eigenvalue weighted by Crippen LogP contribution is -2.40. The summed E-state index contributed by atoms with van der Waals surface area (Å²) in [6, 6.07) is 6.35. The van der Waals surface area contributed by atoms with E-state index < -0.39 is 5.97 Å². The summed E-state index contributed by atoms with van der Waals surface area (Å²) in [6.07, 6.45) is 2.15. The number of carbonyl (C=O) groups is 2. The van der Waals surface area contributed by atoms with Crippen LogP contribution < -0.4 is 5.32 Å². The van der Waals surface area contributed by atoms with Gasteiger partial charge in [0.1, 0.15) is 0 Å². The van der Waals surface area contributed by atoms with Crippen molar-refractivity contribution in [1.29, 1.82) is 0 Å². The SMILES string of the molecule is CN(CC1CCCO1)C(=O)NCc1cccc(C(=O)O)c1. The Balaban J connectivity index is 1.82. The Hall–Kier alpha value is -2.08. The molecule has 2 rings (SSSR count). The molecule has 0 saturated carbocycles. The molecule has 1 aliphatic rings. The third-order valence-electron chi connectivity index (χ3n) is 3.47. The van der Waals surface area contributed by atoms with Crippen LogP contribution in [-0.4, -0.2) is 48.3 Å². The monoisotopic (exact) mass is 292 g/mol. The van der Waals surface area contributed by atoms with Crippen molar-refractivity contribution in [2.24, 2.45) is 0 Å². The molecule has 114 valence electrons. The molecule has 1 atom stereocenters. The van der Waals surface area contributed by atoms with Gasteiger partial charge in [-0.1, -0.05) is 12.1 Å². The third kappa shape index (κ3) is 4.46. The number of carboxylic acids is 1. The normalized spacial score (nSPS) is 17.5. The van der Waals surface area contributed by atoms with Crippen LogP contribution >= 0.6 is 0 Å².